The Morgan fingerprint density at radius 3 is 2.27 bits per heavy atom. The highest BCUT2D eigenvalue weighted by Gasteiger charge is 2.44. The van der Waals surface area contributed by atoms with Gasteiger partial charge >= 0.3 is 0 Å². The first-order valence-electron chi connectivity index (χ1n) is 3.77. The molecular weight excluding hydrogens is 146 g/mol. The number of amides is 1. The molecule has 0 radical (unpaired) electrons. The quantitative estimate of drug-likeness (QED) is 0.473. The summed E-state index contributed by atoms with van der Waals surface area (Å²) in [6.45, 7) is 2.47. The molecule has 0 atom stereocenters. The van der Waals surface area contributed by atoms with Crippen LogP contribution >= 0.6 is 0 Å². The molecule has 0 aromatic carbocycles. The topological polar surface area (TPSA) is 47.6 Å². The SMILES string of the molecule is O=C1CC2(COCCOC2)N1. The summed E-state index contributed by atoms with van der Waals surface area (Å²) in [6.07, 6.45) is 0.549. The maximum atomic E-state index is 10.7. The van der Waals surface area contributed by atoms with Crippen molar-refractivity contribution in [1.82, 2.24) is 5.32 Å². The highest BCUT2D eigenvalue weighted by molar-refractivity contribution is 5.84. The maximum absolute atomic E-state index is 10.7. The lowest BCUT2D eigenvalue weighted by Crippen LogP contribution is -2.65. The van der Waals surface area contributed by atoms with Gasteiger partial charge < -0.3 is 14.8 Å². The third kappa shape index (κ3) is 1.23. The van der Waals surface area contributed by atoms with E-state index in [9.17, 15) is 4.79 Å². The van der Waals surface area contributed by atoms with Crippen molar-refractivity contribution in [1.29, 1.82) is 0 Å². The van der Waals surface area contributed by atoms with Crippen molar-refractivity contribution in [3.8, 4) is 0 Å². The van der Waals surface area contributed by atoms with Gasteiger partial charge in [0.05, 0.1) is 38.4 Å². The number of carbonyl (C=O) groups is 1. The molecule has 0 aliphatic carbocycles. The van der Waals surface area contributed by atoms with Gasteiger partial charge in [-0.15, -0.1) is 0 Å². The van der Waals surface area contributed by atoms with E-state index >= 15 is 0 Å². The zero-order valence-corrected chi connectivity index (χ0v) is 6.26. The van der Waals surface area contributed by atoms with Gasteiger partial charge in [0.25, 0.3) is 0 Å². The molecule has 0 unspecified atom stereocenters. The first-order valence-corrected chi connectivity index (χ1v) is 3.77. The van der Waals surface area contributed by atoms with E-state index in [1.807, 2.05) is 0 Å². The van der Waals surface area contributed by atoms with Crippen molar-refractivity contribution >= 4 is 5.91 Å². The van der Waals surface area contributed by atoms with Crippen molar-refractivity contribution in [3.05, 3.63) is 0 Å². The summed E-state index contributed by atoms with van der Waals surface area (Å²) < 4.78 is 10.5. The van der Waals surface area contributed by atoms with Crippen molar-refractivity contribution in [2.24, 2.45) is 0 Å². The molecule has 1 amide bonds. The standard InChI is InChI=1S/C7H11NO3/c9-6-3-7(8-6)4-10-1-2-11-5-7/h1-5H2,(H,8,9). The van der Waals surface area contributed by atoms with E-state index in [0.29, 0.717) is 32.8 Å². The lowest BCUT2D eigenvalue weighted by molar-refractivity contribution is -0.136. The first kappa shape index (κ1) is 7.06. The van der Waals surface area contributed by atoms with Gasteiger partial charge in [-0.05, 0) is 0 Å². The summed E-state index contributed by atoms with van der Waals surface area (Å²) in [6, 6.07) is 0. The third-order valence-corrected chi connectivity index (χ3v) is 2.03. The van der Waals surface area contributed by atoms with Crippen molar-refractivity contribution in [3.63, 3.8) is 0 Å². The van der Waals surface area contributed by atoms with Gasteiger partial charge in [-0.2, -0.15) is 0 Å². The Hall–Kier alpha value is -0.610. The minimum absolute atomic E-state index is 0.0964. The highest BCUT2D eigenvalue weighted by Crippen LogP contribution is 2.22. The van der Waals surface area contributed by atoms with E-state index in [-0.39, 0.29) is 11.4 Å². The smallest absolute Gasteiger partial charge is 0.223 e. The number of hydrogen-bond acceptors (Lipinski definition) is 3. The van der Waals surface area contributed by atoms with Gasteiger partial charge in [0.1, 0.15) is 0 Å². The number of ether oxygens (including phenoxy) is 2. The number of nitrogens with one attached hydrogen (secondary N) is 1. The minimum Gasteiger partial charge on any atom is -0.377 e. The average Bonchev–Trinajstić information content (AvgIpc) is 2.12. The second-order valence-corrected chi connectivity index (χ2v) is 3.11. The summed E-state index contributed by atoms with van der Waals surface area (Å²) in [4.78, 5) is 10.7. The van der Waals surface area contributed by atoms with E-state index in [2.05, 4.69) is 5.32 Å². The second-order valence-electron chi connectivity index (χ2n) is 3.11. The summed E-state index contributed by atoms with van der Waals surface area (Å²) >= 11 is 0. The fourth-order valence-electron chi connectivity index (χ4n) is 1.45. The Morgan fingerprint density at radius 1 is 1.27 bits per heavy atom. The molecule has 2 heterocycles. The predicted octanol–water partition coefficient (Wildman–Crippen LogP) is -0.708. The Kier molecular flexibility index (Phi) is 1.58. The molecule has 2 rings (SSSR count). The molecule has 0 aromatic rings. The molecule has 1 N–H and O–H groups in total. The van der Waals surface area contributed by atoms with Crippen LogP contribution in [0.15, 0.2) is 0 Å². The molecule has 11 heavy (non-hydrogen) atoms. The van der Waals surface area contributed by atoms with E-state index < -0.39 is 0 Å². The molecule has 0 saturated carbocycles. The van der Waals surface area contributed by atoms with Crippen molar-refractivity contribution in [2.45, 2.75) is 12.0 Å². The van der Waals surface area contributed by atoms with Gasteiger partial charge in [0.2, 0.25) is 5.91 Å². The number of rotatable bonds is 0. The van der Waals surface area contributed by atoms with Gasteiger partial charge in [-0.25, -0.2) is 0 Å². The molecule has 62 valence electrons. The molecule has 1 spiro atoms. The van der Waals surface area contributed by atoms with E-state index in [1.165, 1.54) is 0 Å². The van der Waals surface area contributed by atoms with E-state index in [1.54, 1.807) is 0 Å². The van der Waals surface area contributed by atoms with Gasteiger partial charge in [0.15, 0.2) is 0 Å². The van der Waals surface area contributed by atoms with Crippen LogP contribution in [0.1, 0.15) is 6.42 Å². The van der Waals surface area contributed by atoms with Gasteiger partial charge in [-0.3, -0.25) is 4.79 Å². The normalized spacial score (nSPS) is 28.9. The van der Waals surface area contributed by atoms with Crippen LogP contribution in [0.2, 0.25) is 0 Å². The minimum atomic E-state index is -0.187. The maximum Gasteiger partial charge on any atom is 0.223 e. The molecule has 2 aliphatic rings. The number of hydrogen-bond donors (Lipinski definition) is 1. The molecule has 0 aromatic heterocycles. The third-order valence-electron chi connectivity index (χ3n) is 2.03. The fourth-order valence-corrected chi connectivity index (χ4v) is 1.45. The summed E-state index contributed by atoms with van der Waals surface area (Å²) in [5.41, 5.74) is -0.187. The molecular formula is C7H11NO3. The zero-order chi connectivity index (χ0) is 7.73. The lowest BCUT2D eigenvalue weighted by atomic mass is 9.89. The second kappa shape index (κ2) is 2.46. The number of β-lactam (4-membered cyclic amide) rings is 1. The molecule has 4 heteroatoms. The van der Waals surface area contributed by atoms with Gasteiger partial charge in [-0.1, -0.05) is 0 Å². The van der Waals surface area contributed by atoms with Crippen LogP contribution in [0.25, 0.3) is 0 Å². The van der Waals surface area contributed by atoms with Crippen LogP contribution in [0.5, 0.6) is 0 Å². The van der Waals surface area contributed by atoms with Crippen molar-refractivity contribution < 1.29 is 14.3 Å². The van der Waals surface area contributed by atoms with Crippen molar-refractivity contribution in [2.75, 3.05) is 26.4 Å². The average molecular weight is 157 g/mol. The summed E-state index contributed by atoms with van der Waals surface area (Å²) in [5.74, 6) is 0.0964. The highest BCUT2D eigenvalue weighted by atomic mass is 16.5. The lowest BCUT2D eigenvalue weighted by Gasteiger charge is -2.40. The Morgan fingerprint density at radius 2 is 1.82 bits per heavy atom. The fraction of sp³-hybridized carbons (Fsp3) is 0.857. The van der Waals surface area contributed by atoms with Crippen LogP contribution < -0.4 is 5.32 Å². The number of carbonyl (C=O) groups excluding carboxylic acids is 1. The molecule has 4 nitrogen and oxygen atoms in total. The molecule has 2 fully saturated rings. The zero-order valence-electron chi connectivity index (χ0n) is 6.26. The monoisotopic (exact) mass is 157 g/mol. The largest absolute Gasteiger partial charge is 0.377 e. The van der Waals surface area contributed by atoms with E-state index in [4.69, 9.17) is 9.47 Å². The summed E-state index contributed by atoms with van der Waals surface area (Å²) in [7, 11) is 0. The molecule has 2 saturated heterocycles. The van der Waals surface area contributed by atoms with Gasteiger partial charge in [0, 0.05) is 0 Å². The van der Waals surface area contributed by atoms with E-state index in [0.717, 1.165) is 0 Å². The van der Waals surface area contributed by atoms with Crippen LogP contribution in [-0.2, 0) is 14.3 Å². The van der Waals surface area contributed by atoms with Crippen LogP contribution in [0.3, 0.4) is 0 Å². The summed E-state index contributed by atoms with van der Waals surface area (Å²) in [5, 5.41) is 2.81. The van der Waals surface area contributed by atoms with Crippen LogP contribution in [0.4, 0.5) is 0 Å². The van der Waals surface area contributed by atoms with Crippen LogP contribution in [0, 0.1) is 0 Å². The Labute approximate surface area is 64.9 Å². The first-order chi connectivity index (χ1) is 5.31. The Balaban J connectivity index is 1.96. The molecule has 2 aliphatic heterocycles. The predicted molar refractivity (Wildman–Crippen MR) is 37.1 cm³/mol. The molecule has 0 bridgehead atoms. The Bertz CT molecular complexity index is 163. The van der Waals surface area contributed by atoms with Crippen LogP contribution in [-0.4, -0.2) is 37.9 Å².